The number of rotatable bonds is 9. The Bertz CT molecular complexity index is 1160. The molecule has 0 aliphatic heterocycles. The molecule has 0 fully saturated rings. The molecule has 0 radical (unpaired) electrons. The maximum absolute atomic E-state index is 12.2. The Hall–Kier alpha value is -3.18. The number of hydrogen-bond donors (Lipinski definition) is 2. The average molecular weight is 579 g/mol. The van der Waals surface area contributed by atoms with Gasteiger partial charge in [-0.25, -0.2) is 10.4 Å². The number of amides is 2. The van der Waals surface area contributed by atoms with Crippen molar-refractivity contribution in [3.63, 3.8) is 0 Å². The van der Waals surface area contributed by atoms with Gasteiger partial charge in [-0.15, -0.1) is 0 Å². The molecule has 3 rings (SSSR count). The molecular weight excluding hydrogens is 559 g/mol. The molecular formula is C23H20ClIN4O4. The van der Waals surface area contributed by atoms with Gasteiger partial charge in [-0.1, -0.05) is 29.8 Å². The molecule has 170 valence electrons. The zero-order valence-electron chi connectivity index (χ0n) is 17.5. The lowest BCUT2D eigenvalue weighted by Gasteiger charge is -2.14. The van der Waals surface area contributed by atoms with Gasteiger partial charge >= 0.3 is 0 Å². The van der Waals surface area contributed by atoms with Gasteiger partial charge in [0.05, 0.1) is 22.0 Å². The third-order valence-corrected chi connectivity index (χ3v) is 5.22. The summed E-state index contributed by atoms with van der Waals surface area (Å²) in [6, 6.07) is 15.8. The number of hydrazone groups is 1. The molecule has 0 aliphatic carbocycles. The molecule has 0 unspecified atom stereocenters. The fraction of sp³-hybridized carbons (Fsp3) is 0.130. The number of pyridine rings is 1. The Kier molecular flexibility index (Phi) is 9.02. The summed E-state index contributed by atoms with van der Waals surface area (Å²) in [6.07, 6.45) is 2.97. The number of ether oxygens (including phenoxy) is 2. The molecule has 0 atom stereocenters. The minimum atomic E-state index is -0.478. The number of nitrogens with zero attached hydrogens (tertiary/aromatic N) is 2. The summed E-state index contributed by atoms with van der Waals surface area (Å²) in [7, 11) is 0. The predicted octanol–water partition coefficient (Wildman–Crippen LogP) is 4.52. The molecule has 0 aliphatic rings. The van der Waals surface area contributed by atoms with E-state index in [-0.39, 0.29) is 23.2 Å². The van der Waals surface area contributed by atoms with Crippen molar-refractivity contribution in [1.82, 2.24) is 10.4 Å². The van der Waals surface area contributed by atoms with E-state index >= 15 is 0 Å². The van der Waals surface area contributed by atoms with Crippen LogP contribution in [0.4, 0.5) is 5.69 Å². The van der Waals surface area contributed by atoms with E-state index in [9.17, 15) is 9.59 Å². The van der Waals surface area contributed by atoms with Crippen LogP contribution in [0.25, 0.3) is 0 Å². The molecule has 0 spiro atoms. The van der Waals surface area contributed by atoms with Crippen LogP contribution in [-0.2, 0) is 4.79 Å². The molecule has 0 saturated heterocycles. The summed E-state index contributed by atoms with van der Waals surface area (Å²) in [6.45, 7) is 2.07. The van der Waals surface area contributed by atoms with Gasteiger partial charge in [-0.05, 0) is 71.5 Å². The Labute approximate surface area is 209 Å². The number of halogens is 2. The van der Waals surface area contributed by atoms with Crippen LogP contribution < -0.4 is 20.2 Å². The van der Waals surface area contributed by atoms with E-state index < -0.39 is 5.91 Å². The van der Waals surface area contributed by atoms with Crippen molar-refractivity contribution in [3.8, 4) is 11.5 Å². The lowest BCUT2D eigenvalue weighted by atomic mass is 10.2. The standard InChI is InChI=1S/C23H20ClIN4O4/c1-2-32-19-12-15(13-27-29-23(31)17-9-6-10-26-22(17)24)11-18(25)21(19)33-14-20(30)28-16-7-4-3-5-8-16/h3-13H,2,14H2,1H3,(H,28,30)(H,29,31). The minimum Gasteiger partial charge on any atom is -0.490 e. The van der Waals surface area contributed by atoms with Gasteiger partial charge in [0.1, 0.15) is 5.15 Å². The average Bonchev–Trinajstić information content (AvgIpc) is 2.79. The van der Waals surface area contributed by atoms with Crippen molar-refractivity contribution in [2.24, 2.45) is 5.10 Å². The maximum atomic E-state index is 12.2. The second-order valence-corrected chi connectivity index (χ2v) is 8.03. The topological polar surface area (TPSA) is 102 Å². The fourth-order valence-corrected chi connectivity index (χ4v) is 3.69. The predicted molar refractivity (Wildman–Crippen MR) is 135 cm³/mol. The van der Waals surface area contributed by atoms with Gasteiger partial charge in [0.15, 0.2) is 18.1 Å². The van der Waals surface area contributed by atoms with Crippen molar-refractivity contribution >= 4 is 57.9 Å². The number of benzene rings is 2. The Morgan fingerprint density at radius 2 is 1.94 bits per heavy atom. The second-order valence-electron chi connectivity index (χ2n) is 6.51. The summed E-state index contributed by atoms with van der Waals surface area (Å²) in [5.41, 5.74) is 3.99. The Morgan fingerprint density at radius 3 is 2.67 bits per heavy atom. The molecule has 10 heteroatoms. The molecule has 8 nitrogen and oxygen atoms in total. The van der Waals surface area contributed by atoms with E-state index in [0.29, 0.717) is 32.9 Å². The number of nitrogens with one attached hydrogen (secondary N) is 2. The largest absolute Gasteiger partial charge is 0.490 e. The lowest BCUT2D eigenvalue weighted by molar-refractivity contribution is -0.118. The van der Waals surface area contributed by atoms with E-state index in [1.54, 1.807) is 36.4 Å². The number of para-hydroxylation sites is 1. The molecule has 0 saturated carbocycles. The zero-order chi connectivity index (χ0) is 23.6. The molecule has 2 N–H and O–H groups in total. The van der Waals surface area contributed by atoms with Gasteiger partial charge < -0.3 is 14.8 Å². The number of anilines is 1. The van der Waals surface area contributed by atoms with Crippen LogP contribution in [0, 0.1) is 3.57 Å². The van der Waals surface area contributed by atoms with Crippen molar-refractivity contribution in [3.05, 3.63) is 80.6 Å². The van der Waals surface area contributed by atoms with Crippen LogP contribution in [0.3, 0.4) is 0 Å². The molecule has 2 amide bonds. The molecule has 2 aromatic carbocycles. The van der Waals surface area contributed by atoms with E-state index in [1.807, 2.05) is 25.1 Å². The SMILES string of the molecule is CCOc1cc(C=NNC(=O)c2cccnc2Cl)cc(I)c1OCC(=O)Nc1ccccc1. The van der Waals surface area contributed by atoms with Gasteiger partial charge in [0, 0.05) is 11.9 Å². The van der Waals surface area contributed by atoms with Crippen molar-refractivity contribution in [2.75, 3.05) is 18.5 Å². The Balaban J connectivity index is 1.67. The number of carbonyl (C=O) groups excluding carboxylic acids is 2. The number of carbonyl (C=O) groups is 2. The highest BCUT2D eigenvalue weighted by atomic mass is 127. The van der Waals surface area contributed by atoms with Crippen LogP contribution in [0.5, 0.6) is 11.5 Å². The maximum Gasteiger partial charge on any atom is 0.274 e. The quantitative estimate of drug-likeness (QED) is 0.168. The monoisotopic (exact) mass is 578 g/mol. The van der Waals surface area contributed by atoms with Gasteiger partial charge in [-0.3, -0.25) is 9.59 Å². The number of hydrogen-bond acceptors (Lipinski definition) is 6. The number of aromatic nitrogens is 1. The van der Waals surface area contributed by atoms with Crippen LogP contribution in [0.2, 0.25) is 5.15 Å². The second kappa shape index (κ2) is 12.2. The first-order valence-electron chi connectivity index (χ1n) is 9.86. The van der Waals surface area contributed by atoms with E-state index in [0.717, 1.165) is 0 Å². The van der Waals surface area contributed by atoms with E-state index in [4.69, 9.17) is 21.1 Å². The van der Waals surface area contributed by atoms with E-state index in [2.05, 4.69) is 43.4 Å². The highest BCUT2D eigenvalue weighted by molar-refractivity contribution is 14.1. The normalized spacial score (nSPS) is 10.6. The molecule has 33 heavy (non-hydrogen) atoms. The molecule has 1 aromatic heterocycles. The third kappa shape index (κ3) is 7.16. The smallest absolute Gasteiger partial charge is 0.274 e. The van der Waals surface area contributed by atoms with E-state index in [1.165, 1.54) is 12.4 Å². The van der Waals surface area contributed by atoms with Gasteiger partial charge in [0.25, 0.3) is 11.8 Å². The summed E-state index contributed by atoms with van der Waals surface area (Å²) < 4.78 is 12.1. The van der Waals surface area contributed by atoms with Crippen LogP contribution >= 0.6 is 34.2 Å². The molecule has 1 heterocycles. The van der Waals surface area contributed by atoms with Crippen LogP contribution in [0.1, 0.15) is 22.8 Å². The molecule has 0 bridgehead atoms. The van der Waals surface area contributed by atoms with Crippen molar-refractivity contribution < 1.29 is 19.1 Å². The first-order chi connectivity index (χ1) is 16.0. The van der Waals surface area contributed by atoms with Crippen LogP contribution in [0.15, 0.2) is 65.9 Å². The molecule has 3 aromatic rings. The van der Waals surface area contributed by atoms with Crippen LogP contribution in [-0.4, -0.2) is 36.2 Å². The van der Waals surface area contributed by atoms with Crippen molar-refractivity contribution in [1.29, 1.82) is 0 Å². The highest BCUT2D eigenvalue weighted by Gasteiger charge is 2.14. The first kappa shape index (κ1) is 24.5. The van der Waals surface area contributed by atoms with Crippen molar-refractivity contribution in [2.45, 2.75) is 6.92 Å². The zero-order valence-corrected chi connectivity index (χ0v) is 20.5. The Morgan fingerprint density at radius 1 is 1.15 bits per heavy atom. The third-order valence-electron chi connectivity index (χ3n) is 4.12. The van der Waals surface area contributed by atoms with Gasteiger partial charge in [0.2, 0.25) is 0 Å². The minimum absolute atomic E-state index is 0.0937. The summed E-state index contributed by atoms with van der Waals surface area (Å²) in [4.78, 5) is 28.3. The first-order valence-corrected chi connectivity index (χ1v) is 11.3. The fourth-order valence-electron chi connectivity index (χ4n) is 2.70. The summed E-state index contributed by atoms with van der Waals surface area (Å²) in [5.74, 6) is 0.138. The summed E-state index contributed by atoms with van der Waals surface area (Å²) in [5, 5.41) is 6.84. The highest BCUT2D eigenvalue weighted by Crippen LogP contribution is 2.34. The lowest BCUT2D eigenvalue weighted by Crippen LogP contribution is -2.20. The van der Waals surface area contributed by atoms with Gasteiger partial charge in [-0.2, -0.15) is 5.10 Å². The summed E-state index contributed by atoms with van der Waals surface area (Å²) >= 11 is 8.01.